The zero-order chi connectivity index (χ0) is 13.7. The van der Waals surface area contributed by atoms with Crippen molar-refractivity contribution < 1.29 is 0 Å². The molecule has 0 bridgehead atoms. The minimum absolute atomic E-state index is 0.471. The summed E-state index contributed by atoms with van der Waals surface area (Å²) < 4.78 is 2.23. The number of rotatable bonds is 7. The molecule has 3 nitrogen and oxygen atoms in total. The Morgan fingerprint density at radius 3 is 2.33 bits per heavy atom. The first-order valence-electron chi connectivity index (χ1n) is 7.35. The van der Waals surface area contributed by atoms with Gasteiger partial charge in [-0.15, -0.1) is 0 Å². The smallest absolute Gasteiger partial charge is 0.127 e. The van der Waals surface area contributed by atoms with E-state index < -0.39 is 0 Å². The topological polar surface area (TPSA) is 43.8 Å². The van der Waals surface area contributed by atoms with Crippen molar-refractivity contribution in [1.82, 2.24) is 9.55 Å². The Kier molecular flexibility index (Phi) is 5.70. The van der Waals surface area contributed by atoms with E-state index in [2.05, 4.69) is 39.2 Å². The lowest BCUT2D eigenvalue weighted by atomic mass is 10.0. The van der Waals surface area contributed by atoms with Crippen molar-refractivity contribution in [3.63, 3.8) is 0 Å². The highest BCUT2D eigenvalue weighted by molar-refractivity contribution is 5.40. The number of hydrogen-bond donors (Lipinski definition) is 1. The van der Waals surface area contributed by atoms with E-state index in [0.717, 1.165) is 37.3 Å². The highest BCUT2D eigenvalue weighted by Crippen LogP contribution is 2.27. The minimum atomic E-state index is 0.471. The van der Waals surface area contributed by atoms with Gasteiger partial charge in [0.05, 0.1) is 5.69 Å². The van der Waals surface area contributed by atoms with Crippen molar-refractivity contribution >= 4 is 5.82 Å². The Labute approximate surface area is 112 Å². The summed E-state index contributed by atoms with van der Waals surface area (Å²) in [5, 5.41) is 0. The molecule has 0 aliphatic rings. The summed E-state index contributed by atoms with van der Waals surface area (Å²) in [6, 6.07) is 0. The van der Waals surface area contributed by atoms with Crippen LogP contribution < -0.4 is 5.73 Å². The SMILES string of the molecule is CCCc1nc(C(C)CCC)c(N)n1CC(C)C. The molecule has 1 rings (SSSR count). The number of imidazole rings is 1. The lowest BCUT2D eigenvalue weighted by Gasteiger charge is -2.13. The standard InChI is InChI=1S/C15H29N3/c1-6-8-12(5)14-15(16)18(10-11(3)4)13(17-14)9-7-2/h11-12H,6-10,16H2,1-5H3. The Balaban J connectivity index is 3.06. The van der Waals surface area contributed by atoms with Crippen molar-refractivity contribution in [2.75, 3.05) is 5.73 Å². The molecule has 1 heterocycles. The second-order valence-corrected chi connectivity index (χ2v) is 5.74. The number of nitrogens with zero attached hydrogens (tertiary/aromatic N) is 2. The van der Waals surface area contributed by atoms with Crippen LogP contribution in [0.1, 0.15) is 71.3 Å². The molecular weight excluding hydrogens is 222 g/mol. The molecule has 0 aromatic carbocycles. The van der Waals surface area contributed by atoms with Crippen LogP contribution in [0, 0.1) is 5.92 Å². The van der Waals surface area contributed by atoms with Gasteiger partial charge in [-0.3, -0.25) is 0 Å². The Morgan fingerprint density at radius 1 is 1.17 bits per heavy atom. The molecule has 1 aromatic rings. The third-order valence-corrected chi connectivity index (χ3v) is 3.32. The first-order valence-corrected chi connectivity index (χ1v) is 7.35. The van der Waals surface area contributed by atoms with E-state index in [-0.39, 0.29) is 0 Å². The fraction of sp³-hybridized carbons (Fsp3) is 0.800. The summed E-state index contributed by atoms with van der Waals surface area (Å²) in [6.07, 6.45) is 4.49. The van der Waals surface area contributed by atoms with Gasteiger partial charge in [-0.1, -0.05) is 41.0 Å². The quantitative estimate of drug-likeness (QED) is 0.796. The number of nitrogen functional groups attached to an aromatic ring is 1. The van der Waals surface area contributed by atoms with E-state index >= 15 is 0 Å². The van der Waals surface area contributed by atoms with Crippen LogP contribution in [0.5, 0.6) is 0 Å². The van der Waals surface area contributed by atoms with Gasteiger partial charge in [-0.05, 0) is 18.8 Å². The van der Waals surface area contributed by atoms with E-state index in [4.69, 9.17) is 10.7 Å². The summed E-state index contributed by atoms with van der Waals surface area (Å²) in [7, 11) is 0. The van der Waals surface area contributed by atoms with Crippen LogP contribution in [0.4, 0.5) is 5.82 Å². The molecule has 0 amide bonds. The molecule has 0 spiro atoms. The highest BCUT2D eigenvalue weighted by Gasteiger charge is 2.18. The normalized spacial score (nSPS) is 13.2. The van der Waals surface area contributed by atoms with Crippen LogP contribution in [-0.4, -0.2) is 9.55 Å². The number of anilines is 1. The molecule has 104 valence electrons. The Hall–Kier alpha value is -0.990. The first kappa shape index (κ1) is 15.1. The molecule has 0 fully saturated rings. The Bertz CT molecular complexity index is 366. The van der Waals surface area contributed by atoms with Crippen molar-refractivity contribution in [3.05, 3.63) is 11.5 Å². The van der Waals surface area contributed by atoms with Crippen LogP contribution in [0.2, 0.25) is 0 Å². The molecule has 3 heteroatoms. The van der Waals surface area contributed by atoms with E-state index in [1.165, 1.54) is 12.2 Å². The predicted octanol–water partition coefficient (Wildman–Crippen LogP) is 3.98. The van der Waals surface area contributed by atoms with Crippen molar-refractivity contribution in [3.8, 4) is 0 Å². The molecule has 0 saturated heterocycles. The van der Waals surface area contributed by atoms with Crippen LogP contribution >= 0.6 is 0 Å². The lowest BCUT2D eigenvalue weighted by molar-refractivity contribution is 0.509. The summed E-state index contributed by atoms with van der Waals surface area (Å²) >= 11 is 0. The third kappa shape index (κ3) is 3.50. The molecule has 1 aromatic heterocycles. The number of aromatic nitrogens is 2. The number of aryl methyl sites for hydroxylation is 1. The zero-order valence-corrected chi connectivity index (χ0v) is 12.7. The molecule has 0 aliphatic carbocycles. The van der Waals surface area contributed by atoms with Gasteiger partial charge in [0.15, 0.2) is 0 Å². The van der Waals surface area contributed by atoms with Crippen molar-refractivity contribution in [2.45, 2.75) is 72.8 Å². The van der Waals surface area contributed by atoms with E-state index in [9.17, 15) is 0 Å². The fourth-order valence-electron chi connectivity index (χ4n) is 2.45. The van der Waals surface area contributed by atoms with E-state index in [1.54, 1.807) is 0 Å². The summed E-state index contributed by atoms with van der Waals surface area (Å²) in [6.45, 7) is 12.1. The van der Waals surface area contributed by atoms with Gasteiger partial charge in [0.2, 0.25) is 0 Å². The average Bonchev–Trinajstić information content (AvgIpc) is 2.58. The van der Waals surface area contributed by atoms with Crippen LogP contribution in [0.15, 0.2) is 0 Å². The highest BCUT2D eigenvalue weighted by atomic mass is 15.1. The van der Waals surface area contributed by atoms with Crippen molar-refractivity contribution in [1.29, 1.82) is 0 Å². The molecule has 0 radical (unpaired) electrons. The summed E-state index contributed by atoms with van der Waals surface area (Å²) in [5.41, 5.74) is 7.43. The maximum absolute atomic E-state index is 6.31. The molecule has 0 saturated carbocycles. The number of nitrogens with two attached hydrogens (primary N) is 1. The van der Waals surface area contributed by atoms with Gasteiger partial charge in [0.25, 0.3) is 0 Å². The molecule has 18 heavy (non-hydrogen) atoms. The van der Waals surface area contributed by atoms with Gasteiger partial charge in [-0.25, -0.2) is 4.98 Å². The van der Waals surface area contributed by atoms with Crippen molar-refractivity contribution in [2.24, 2.45) is 5.92 Å². The average molecular weight is 251 g/mol. The molecular formula is C15H29N3. The minimum Gasteiger partial charge on any atom is -0.384 e. The van der Waals surface area contributed by atoms with E-state index in [0.29, 0.717) is 11.8 Å². The van der Waals surface area contributed by atoms with Gasteiger partial charge in [0, 0.05) is 18.9 Å². The predicted molar refractivity (Wildman–Crippen MR) is 78.8 cm³/mol. The first-order chi connectivity index (χ1) is 8.51. The third-order valence-electron chi connectivity index (χ3n) is 3.32. The molecule has 1 unspecified atom stereocenters. The lowest BCUT2D eigenvalue weighted by Crippen LogP contribution is -2.11. The van der Waals surface area contributed by atoms with Crippen LogP contribution in [0.25, 0.3) is 0 Å². The van der Waals surface area contributed by atoms with Gasteiger partial charge in [0.1, 0.15) is 11.6 Å². The van der Waals surface area contributed by atoms with Gasteiger partial charge >= 0.3 is 0 Å². The fourth-order valence-corrected chi connectivity index (χ4v) is 2.45. The largest absolute Gasteiger partial charge is 0.384 e. The zero-order valence-electron chi connectivity index (χ0n) is 12.7. The maximum Gasteiger partial charge on any atom is 0.127 e. The maximum atomic E-state index is 6.31. The molecule has 1 atom stereocenters. The summed E-state index contributed by atoms with van der Waals surface area (Å²) in [4.78, 5) is 4.81. The second-order valence-electron chi connectivity index (χ2n) is 5.74. The number of hydrogen-bond acceptors (Lipinski definition) is 2. The second kappa shape index (κ2) is 6.81. The van der Waals surface area contributed by atoms with Crippen LogP contribution in [0.3, 0.4) is 0 Å². The van der Waals surface area contributed by atoms with Crippen LogP contribution in [-0.2, 0) is 13.0 Å². The van der Waals surface area contributed by atoms with Gasteiger partial charge in [-0.2, -0.15) is 0 Å². The van der Waals surface area contributed by atoms with E-state index in [1.807, 2.05) is 0 Å². The monoisotopic (exact) mass is 251 g/mol. The Morgan fingerprint density at radius 2 is 1.83 bits per heavy atom. The van der Waals surface area contributed by atoms with Gasteiger partial charge < -0.3 is 10.3 Å². The molecule has 2 N–H and O–H groups in total. The molecule has 0 aliphatic heterocycles. The summed E-state index contributed by atoms with van der Waals surface area (Å²) in [5.74, 6) is 3.14.